The van der Waals surface area contributed by atoms with E-state index in [0.29, 0.717) is 11.5 Å². The number of hydrogen-bond donors (Lipinski definition) is 1. The van der Waals surface area contributed by atoms with E-state index in [-0.39, 0.29) is 5.69 Å². The van der Waals surface area contributed by atoms with Gasteiger partial charge in [-0.15, -0.1) is 0 Å². The SMILES string of the molecule is Cc1cc(-c2nccc(C(=O)O)n2)nc2ccccc12. The summed E-state index contributed by atoms with van der Waals surface area (Å²) < 4.78 is 0. The Morgan fingerprint density at radius 1 is 1.15 bits per heavy atom. The summed E-state index contributed by atoms with van der Waals surface area (Å²) >= 11 is 0. The van der Waals surface area contributed by atoms with Gasteiger partial charge in [0.05, 0.1) is 5.52 Å². The molecule has 0 atom stereocenters. The molecule has 5 heteroatoms. The number of para-hydroxylation sites is 1. The highest BCUT2D eigenvalue weighted by Gasteiger charge is 2.10. The van der Waals surface area contributed by atoms with Gasteiger partial charge in [-0.3, -0.25) is 0 Å². The zero-order chi connectivity index (χ0) is 14.1. The molecule has 98 valence electrons. The molecule has 0 radical (unpaired) electrons. The van der Waals surface area contributed by atoms with Gasteiger partial charge in [0.15, 0.2) is 11.5 Å². The van der Waals surface area contributed by atoms with E-state index in [4.69, 9.17) is 5.11 Å². The Bertz CT molecular complexity index is 815. The van der Waals surface area contributed by atoms with Crippen LogP contribution in [0.4, 0.5) is 0 Å². The minimum atomic E-state index is -1.08. The summed E-state index contributed by atoms with van der Waals surface area (Å²) in [5.74, 6) is -0.759. The second kappa shape index (κ2) is 4.70. The van der Waals surface area contributed by atoms with Gasteiger partial charge in [-0.25, -0.2) is 19.7 Å². The van der Waals surface area contributed by atoms with E-state index >= 15 is 0 Å². The fourth-order valence-electron chi connectivity index (χ4n) is 2.07. The molecule has 3 aromatic rings. The van der Waals surface area contributed by atoms with Crippen LogP contribution in [-0.2, 0) is 0 Å². The molecule has 0 aliphatic rings. The Morgan fingerprint density at radius 2 is 1.95 bits per heavy atom. The van der Waals surface area contributed by atoms with Crippen LogP contribution in [0.2, 0.25) is 0 Å². The Morgan fingerprint density at radius 3 is 2.75 bits per heavy atom. The Kier molecular flexibility index (Phi) is 2.87. The van der Waals surface area contributed by atoms with Crippen LogP contribution in [0.5, 0.6) is 0 Å². The minimum Gasteiger partial charge on any atom is -0.477 e. The monoisotopic (exact) mass is 265 g/mol. The molecule has 1 aromatic carbocycles. The number of benzene rings is 1. The molecule has 0 bridgehead atoms. The first-order valence-electron chi connectivity index (χ1n) is 6.08. The van der Waals surface area contributed by atoms with Crippen molar-refractivity contribution >= 4 is 16.9 Å². The molecule has 2 aromatic heterocycles. The van der Waals surface area contributed by atoms with Crippen LogP contribution in [0.1, 0.15) is 16.1 Å². The Labute approximate surface area is 115 Å². The molecule has 3 rings (SSSR count). The molecule has 0 fully saturated rings. The third-order valence-corrected chi connectivity index (χ3v) is 3.03. The molecular formula is C15H11N3O2. The molecule has 20 heavy (non-hydrogen) atoms. The number of aromatic nitrogens is 3. The van der Waals surface area contributed by atoms with Crippen LogP contribution < -0.4 is 0 Å². The van der Waals surface area contributed by atoms with Crippen LogP contribution in [-0.4, -0.2) is 26.0 Å². The maximum absolute atomic E-state index is 11.0. The van der Waals surface area contributed by atoms with E-state index in [1.54, 1.807) is 0 Å². The van der Waals surface area contributed by atoms with Crippen molar-refractivity contribution in [3.8, 4) is 11.5 Å². The van der Waals surface area contributed by atoms with E-state index in [1.165, 1.54) is 12.3 Å². The van der Waals surface area contributed by atoms with E-state index in [9.17, 15) is 4.79 Å². The van der Waals surface area contributed by atoms with Gasteiger partial charge in [0, 0.05) is 11.6 Å². The highest BCUT2D eigenvalue weighted by atomic mass is 16.4. The summed E-state index contributed by atoms with van der Waals surface area (Å²) in [5, 5.41) is 10.0. The fraction of sp³-hybridized carbons (Fsp3) is 0.0667. The lowest BCUT2D eigenvalue weighted by Gasteiger charge is -2.05. The molecule has 0 unspecified atom stereocenters. The standard InChI is InChI=1S/C15H11N3O2/c1-9-8-13(17-11-5-3-2-4-10(9)11)14-16-7-6-12(18-14)15(19)20/h2-8H,1H3,(H,19,20). The second-order valence-electron chi connectivity index (χ2n) is 4.41. The van der Waals surface area contributed by atoms with Crippen LogP contribution in [0.25, 0.3) is 22.4 Å². The topological polar surface area (TPSA) is 76.0 Å². The maximum Gasteiger partial charge on any atom is 0.354 e. The van der Waals surface area contributed by atoms with Crippen LogP contribution >= 0.6 is 0 Å². The molecule has 0 saturated heterocycles. The van der Waals surface area contributed by atoms with Gasteiger partial charge in [-0.1, -0.05) is 18.2 Å². The maximum atomic E-state index is 11.0. The van der Waals surface area contributed by atoms with Gasteiger partial charge in [-0.2, -0.15) is 0 Å². The molecule has 0 amide bonds. The van der Waals surface area contributed by atoms with Gasteiger partial charge >= 0.3 is 5.97 Å². The zero-order valence-electron chi connectivity index (χ0n) is 10.7. The second-order valence-corrected chi connectivity index (χ2v) is 4.41. The number of nitrogens with zero attached hydrogens (tertiary/aromatic N) is 3. The lowest BCUT2D eigenvalue weighted by atomic mass is 10.1. The van der Waals surface area contributed by atoms with E-state index in [1.807, 2.05) is 37.3 Å². The number of aromatic carboxylic acids is 1. The van der Waals surface area contributed by atoms with Crippen molar-refractivity contribution in [2.24, 2.45) is 0 Å². The van der Waals surface area contributed by atoms with Crippen molar-refractivity contribution in [2.75, 3.05) is 0 Å². The Hall–Kier alpha value is -2.82. The van der Waals surface area contributed by atoms with E-state index in [2.05, 4.69) is 15.0 Å². The lowest BCUT2D eigenvalue weighted by Crippen LogP contribution is -2.03. The lowest BCUT2D eigenvalue weighted by molar-refractivity contribution is 0.0690. The minimum absolute atomic E-state index is 0.0392. The van der Waals surface area contributed by atoms with Crippen molar-refractivity contribution in [1.82, 2.24) is 15.0 Å². The van der Waals surface area contributed by atoms with Gasteiger partial charge in [0.1, 0.15) is 5.69 Å². The van der Waals surface area contributed by atoms with Crippen molar-refractivity contribution < 1.29 is 9.90 Å². The number of carbonyl (C=O) groups is 1. The molecule has 1 N–H and O–H groups in total. The number of rotatable bonds is 2. The number of carboxylic acid groups (broad SMARTS) is 1. The first-order valence-corrected chi connectivity index (χ1v) is 6.08. The number of carboxylic acids is 1. The average molecular weight is 265 g/mol. The third kappa shape index (κ3) is 2.09. The summed E-state index contributed by atoms with van der Waals surface area (Å²) in [4.78, 5) is 23.6. The largest absolute Gasteiger partial charge is 0.477 e. The van der Waals surface area contributed by atoms with Gasteiger partial charge < -0.3 is 5.11 Å². The van der Waals surface area contributed by atoms with Gasteiger partial charge in [-0.05, 0) is 30.7 Å². The summed E-state index contributed by atoms with van der Waals surface area (Å²) in [5.41, 5.74) is 2.42. The molecule has 0 aliphatic carbocycles. The summed E-state index contributed by atoms with van der Waals surface area (Å²) in [6.07, 6.45) is 1.43. The summed E-state index contributed by atoms with van der Waals surface area (Å²) in [6, 6.07) is 11.0. The summed E-state index contributed by atoms with van der Waals surface area (Å²) in [6.45, 7) is 1.98. The van der Waals surface area contributed by atoms with Gasteiger partial charge in [0.2, 0.25) is 0 Å². The molecule has 2 heterocycles. The Balaban J connectivity index is 2.19. The van der Waals surface area contributed by atoms with Crippen molar-refractivity contribution in [3.63, 3.8) is 0 Å². The number of pyridine rings is 1. The number of fused-ring (bicyclic) bond motifs is 1. The highest BCUT2D eigenvalue weighted by molar-refractivity contribution is 5.86. The molecule has 0 spiro atoms. The molecule has 0 aliphatic heterocycles. The molecule has 5 nitrogen and oxygen atoms in total. The van der Waals surface area contributed by atoms with Gasteiger partial charge in [0.25, 0.3) is 0 Å². The highest BCUT2D eigenvalue weighted by Crippen LogP contribution is 2.22. The van der Waals surface area contributed by atoms with Crippen molar-refractivity contribution in [2.45, 2.75) is 6.92 Å². The van der Waals surface area contributed by atoms with Crippen molar-refractivity contribution in [1.29, 1.82) is 0 Å². The number of hydrogen-bond acceptors (Lipinski definition) is 4. The predicted molar refractivity (Wildman–Crippen MR) is 74.5 cm³/mol. The zero-order valence-corrected chi connectivity index (χ0v) is 10.7. The normalized spacial score (nSPS) is 10.7. The third-order valence-electron chi connectivity index (χ3n) is 3.03. The quantitative estimate of drug-likeness (QED) is 0.771. The molecular weight excluding hydrogens is 254 g/mol. The van der Waals surface area contributed by atoms with Crippen molar-refractivity contribution in [3.05, 3.63) is 53.9 Å². The smallest absolute Gasteiger partial charge is 0.354 e. The van der Waals surface area contributed by atoms with Crippen LogP contribution in [0.15, 0.2) is 42.6 Å². The first-order chi connectivity index (χ1) is 9.65. The van der Waals surface area contributed by atoms with E-state index < -0.39 is 5.97 Å². The van der Waals surface area contributed by atoms with Crippen LogP contribution in [0.3, 0.4) is 0 Å². The summed E-state index contributed by atoms with van der Waals surface area (Å²) in [7, 11) is 0. The first kappa shape index (κ1) is 12.2. The number of aryl methyl sites for hydroxylation is 1. The molecule has 0 saturated carbocycles. The average Bonchev–Trinajstić information content (AvgIpc) is 2.47. The predicted octanol–water partition coefficient (Wildman–Crippen LogP) is 2.70. The van der Waals surface area contributed by atoms with E-state index in [0.717, 1.165) is 16.5 Å². The fourth-order valence-corrected chi connectivity index (χ4v) is 2.07. The van der Waals surface area contributed by atoms with Crippen LogP contribution in [0, 0.1) is 6.92 Å².